The van der Waals surface area contributed by atoms with Crippen LogP contribution in [0.2, 0.25) is 0 Å². The molecule has 3 rings (SSSR count). The molecule has 0 bridgehead atoms. The summed E-state index contributed by atoms with van der Waals surface area (Å²) in [7, 11) is 1.66. The first-order chi connectivity index (χ1) is 11.1. The largest absolute Gasteiger partial charge is 0.497 e. The van der Waals surface area contributed by atoms with Crippen molar-refractivity contribution in [3.8, 4) is 16.9 Å². The number of methoxy groups -OCH3 is 1. The summed E-state index contributed by atoms with van der Waals surface area (Å²) in [6.07, 6.45) is 1.01. The molecule has 0 spiro atoms. The third-order valence-corrected chi connectivity index (χ3v) is 5.47. The van der Waals surface area contributed by atoms with Crippen LogP contribution in [0.25, 0.3) is 11.1 Å². The zero-order valence-corrected chi connectivity index (χ0v) is 15.6. The van der Waals surface area contributed by atoms with Crippen LogP contribution in [0.3, 0.4) is 0 Å². The van der Waals surface area contributed by atoms with E-state index in [9.17, 15) is 4.79 Å². The van der Waals surface area contributed by atoms with Crippen molar-refractivity contribution in [3.63, 3.8) is 0 Å². The fraction of sp³-hybridized carbons (Fsp3) is 0.389. The van der Waals surface area contributed by atoms with Crippen LogP contribution in [-0.4, -0.2) is 37.6 Å². The standard InChI is InChI=1S/C18H22N2O2S.ClH/c1-12-16(14-3-5-15(22-2)6-4-14)9-17(23-12)18(21)20-8-7-13(10-19)11-20;/h3-6,9,13H,7-8,10-11,19H2,1-2H3;1H. The Kier molecular flexibility index (Phi) is 6.27. The van der Waals surface area contributed by atoms with Crippen LogP contribution in [0.4, 0.5) is 0 Å². The normalized spacial score (nSPS) is 16.8. The van der Waals surface area contributed by atoms with Gasteiger partial charge in [-0.1, -0.05) is 12.1 Å². The quantitative estimate of drug-likeness (QED) is 0.899. The Morgan fingerprint density at radius 2 is 2.08 bits per heavy atom. The van der Waals surface area contributed by atoms with Crippen molar-refractivity contribution in [1.82, 2.24) is 4.90 Å². The Hall–Kier alpha value is -1.56. The van der Waals surface area contributed by atoms with Gasteiger partial charge in [0.25, 0.3) is 5.91 Å². The van der Waals surface area contributed by atoms with Gasteiger partial charge >= 0.3 is 0 Å². The minimum absolute atomic E-state index is 0. The molecule has 1 atom stereocenters. The Morgan fingerprint density at radius 3 is 2.67 bits per heavy atom. The van der Waals surface area contributed by atoms with Crippen molar-refractivity contribution < 1.29 is 9.53 Å². The second kappa shape index (κ2) is 8.01. The first-order valence-electron chi connectivity index (χ1n) is 7.86. The molecule has 4 nitrogen and oxygen atoms in total. The number of amides is 1. The highest BCUT2D eigenvalue weighted by Crippen LogP contribution is 2.33. The predicted molar refractivity (Wildman–Crippen MR) is 101 cm³/mol. The zero-order valence-electron chi connectivity index (χ0n) is 14.0. The van der Waals surface area contributed by atoms with Crippen LogP contribution in [0, 0.1) is 12.8 Å². The topological polar surface area (TPSA) is 55.6 Å². The SMILES string of the molecule is COc1ccc(-c2cc(C(=O)N3CCC(CN)C3)sc2C)cc1.Cl. The monoisotopic (exact) mass is 366 g/mol. The molecule has 1 amide bonds. The Bertz CT molecular complexity index is 700. The molecular weight excluding hydrogens is 344 g/mol. The summed E-state index contributed by atoms with van der Waals surface area (Å²) in [5.74, 6) is 1.41. The fourth-order valence-electron chi connectivity index (χ4n) is 3.01. The van der Waals surface area contributed by atoms with Gasteiger partial charge in [-0.3, -0.25) is 4.79 Å². The highest BCUT2D eigenvalue weighted by atomic mass is 35.5. The van der Waals surface area contributed by atoms with Gasteiger partial charge in [0.15, 0.2) is 0 Å². The molecule has 0 saturated carbocycles. The van der Waals surface area contributed by atoms with Crippen LogP contribution in [0.5, 0.6) is 5.75 Å². The van der Waals surface area contributed by atoms with Crippen molar-refractivity contribution >= 4 is 29.7 Å². The van der Waals surface area contributed by atoms with E-state index < -0.39 is 0 Å². The summed E-state index contributed by atoms with van der Waals surface area (Å²) in [6, 6.07) is 9.96. The Labute approximate surface area is 153 Å². The molecular formula is C18H23ClN2O2S. The average molecular weight is 367 g/mol. The molecule has 0 radical (unpaired) electrons. The first-order valence-corrected chi connectivity index (χ1v) is 8.68. The summed E-state index contributed by atoms with van der Waals surface area (Å²) in [4.78, 5) is 16.6. The maximum absolute atomic E-state index is 12.7. The third-order valence-electron chi connectivity index (χ3n) is 4.44. The third kappa shape index (κ3) is 3.74. The number of aryl methyl sites for hydroxylation is 1. The minimum Gasteiger partial charge on any atom is -0.497 e. The number of rotatable bonds is 4. The van der Waals surface area contributed by atoms with Gasteiger partial charge < -0.3 is 15.4 Å². The number of hydrogen-bond acceptors (Lipinski definition) is 4. The number of halogens is 1. The molecule has 130 valence electrons. The van der Waals surface area contributed by atoms with E-state index in [2.05, 4.69) is 6.92 Å². The van der Waals surface area contributed by atoms with E-state index >= 15 is 0 Å². The molecule has 1 fully saturated rings. The number of ether oxygens (including phenoxy) is 1. The van der Waals surface area contributed by atoms with Gasteiger partial charge in [-0.2, -0.15) is 0 Å². The minimum atomic E-state index is 0. The molecule has 1 aliphatic rings. The maximum Gasteiger partial charge on any atom is 0.263 e. The van der Waals surface area contributed by atoms with E-state index in [1.54, 1.807) is 18.4 Å². The van der Waals surface area contributed by atoms with E-state index in [0.717, 1.165) is 46.1 Å². The van der Waals surface area contributed by atoms with Crippen molar-refractivity contribution in [2.24, 2.45) is 11.7 Å². The van der Waals surface area contributed by atoms with Crippen molar-refractivity contribution in [2.75, 3.05) is 26.7 Å². The number of likely N-dealkylation sites (tertiary alicyclic amines) is 1. The molecule has 1 aromatic heterocycles. The van der Waals surface area contributed by atoms with E-state index in [4.69, 9.17) is 10.5 Å². The van der Waals surface area contributed by atoms with E-state index in [1.165, 1.54) is 0 Å². The van der Waals surface area contributed by atoms with Crippen LogP contribution < -0.4 is 10.5 Å². The predicted octanol–water partition coefficient (Wildman–Crippen LogP) is 3.57. The average Bonchev–Trinajstić information content (AvgIpc) is 3.21. The van der Waals surface area contributed by atoms with Crippen molar-refractivity contribution in [2.45, 2.75) is 13.3 Å². The summed E-state index contributed by atoms with van der Waals surface area (Å²) >= 11 is 1.57. The summed E-state index contributed by atoms with van der Waals surface area (Å²) in [6.45, 7) is 4.32. The maximum atomic E-state index is 12.7. The molecule has 1 unspecified atom stereocenters. The number of carbonyl (C=O) groups excluding carboxylic acids is 1. The van der Waals surface area contributed by atoms with Crippen LogP contribution >= 0.6 is 23.7 Å². The lowest BCUT2D eigenvalue weighted by atomic mass is 10.1. The smallest absolute Gasteiger partial charge is 0.263 e. The molecule has 0 aliphatic carbocycles. The van der Waals surface area contributed by atoms with Gasteiger partial charge in [-0.25, -0.2) is 0 Å². The number of carbonyl (C=O) groups is 1. The van der Waals surface area contributed by atoms with Gasteiger partial charge in [-0.05, 0) is 55.1 Å². The number of hydrogen-bond donors (Lipinski definition) is 1. The number of thiophene rings is 1. The van der Waals surface area contributed by atoms with Crippen LogP contribution in [-0.2, 0) is 0 Å². The van der Waals surface area contributed by atoms with Crippen molar-refractivity contribution in [1.29, 1.82) is 0 Å². The molecule has 2 N–H and O–H groups in total. The number of nitrogens with zero attached hydrogens (tertiary/aromatic N) is 1. The number of nitrogens with two attached hydrogens (primary N) is 1. The lowest BCUT2D eigenvalue weighted by Crippen LogP contribution is -2.29. The summed E-state index contributed by atoms with van der Waals surface area (Å²) in [5.41, 5.74) is 7.95. The summed E-state index contributed by atoms with van der Waals surface area (Å²) in [5, 5.41) is 0. The molecule has 1 saturated heterocycles. The van der Waals surface area contributed by atoms with Gasteiger partial charge in [0.05, 0.1) is 12.0 Å². The van der Waals surface area contributed by atoms with Gasteiger partial charge in [-0.15, -0.1) is 23.7 Å². The molecule has 2 aromatic rings. The fourth-order valence-corrected chi connectivity index (χ4v) is 4.02. The van der Waals surface area contributed by atoms with Crippen LogP contribution in [0.15, 0.2) is 30.3 Å². The molecule has 2 heterocycles. The second-order valence-electron chi connectivity index (χ2n) is 5.95. The highest BCUT2D eigenvalue weighted by Gasteiger charge is 2.27. The van der Waals surface area contributed by atoms with Gasteiger partial charge in [0.1, 0.15) is 5.75 Å². The molecule has 1 aliphatic heterocycles. The second-order valence-corrected chi connectivity index (χ2v) is 7.21. The first kappa shape index (κ1) is 18.8. The van der Waals surface area contributed by atoms with Crippen LogP contribution in [0.1, 0.15) is 21.0 Å². The van der Waals surface area contributed by atoms with Gasteiger partial charge in [0.2, 0.25) is 0 Å². The van der Waals surface area contributed by atoms with Gasteiger partial charge in [0, 0.05) is 18.0 Å². The summed E-state index contributed by atoms with van der Waals surface area (Å²) < 4.78 is 5.20. The Balaban J connectivity index is 0.00000208. The van der Waals surface area contributed by atoms with E-state index in [-0.39, 0.29) is 18.3 Å². The lowest BCUT2D eigenvalue weighted by Gasteiger charge is -2.14. The zero-order chi connectivity index (χ0) is 16.4. The van der Waals surface area contributed by atoms with Crippen molar-refractivity contribution in [3.05, 3.63) is 40.1 Å². The molecule has 6 heteroatoms. The van der Waals surface area contributed by atoms with E-state index in [1.807, 2.05) is 35.2 Å². The highest BCUT2D eigenvalue weighted by molar-refractivity contribution is 7.14. The Morgan fingerprint density at radius 1 is 1.38 bits per heavy atom. The molecule has 1 aromatic carbocycles. The van der Waals surface area contributed by atoms with E-state index in [0.29, 0.717) is 12.5 Å². The number of benzene rings is 1. The lowest BCUT2D eigenvalue weighted by molar-refractivity contribution is 0.0792. The molecule has 24 heavy (non-hydrogen) atoms.